The van der Waals surface area contributed by atoms with Crippen molar-refractivity contribution < 1.29 is 19.3 Å². The SMILES string of the molecule is CC(C)(C)C(=O)[C@@H]1[C@@H]2C(=O)N(c3cccc([N+](=O)[O-])c3)C(=O)[C@@H]2[C@@H]2C=CC=NN12. The van der Waals surface area contributed by atoms with Gasteiger partial charge in [0.25, 0.3) is 5.69 Å². The molecule has 3 heterocycles. The molecule has 9 nitrogen and oxygen atoms in total. The van der Waals surface area contributed by atoms with Gasteiger partial charge in [0.1, 0.15) is 6.04 Å². The zero-order chi connectivity index (χ0) is 21.1. The molecule has 1 aromatic rings. The van der Waals surface area contributed by atoms with Gasteiger partial charge in [0.2, 0.25) is 11.8 Å². The molecule has 4 atom stereocenters. The molecule has 0 bridgehead atoms. The van der Waals surface area contributed by atoms with Crippen molar-refractivity contribution >= 4 is 35.2 Å². The molecule has 150 valence electrons. The maximum absolute atomic E-state index is 13.3. The summed E-state index contributed by atoms with van der Waals surface area (Å²) in [6, 6.07) is 4.02. The van der Waals surface area contributed by atoms with Crippen LogP contribution in [0, 0.1) is 27.4 Å². The molecule has 0 aliphatic carbocycles. The van der Waals surface area contributed by atoms with Gasteiger partial charge in [-0.3, -0.25) is 29.5 Å². The van der Waals surface area contributed by atoms with E-state index in [0.717, 1.165) is 4.90 Å². The van der Waals surface area contributed by atoms with Crippen LogP contribution in [-0.2, 0) is 14.4 Å². The lowest BCUT2D eigenvalue weighted by Gasteiger charge is -2.33. The summed E-state index contributed by atoms with van der Waals surface area (Å²) in [6.45, 7) is 5.29. The number of nitro groups is 1. The number of hydrogen-bond acceptors (Lipinski definition) is 7. The van der Waals surface area contributed by atoms with Crippen molar-refractivity contribution in [1.82, 2.24) is 5.01 Å². The predicted molar refractivity (Wildman–Crippen MR) is 104 cm³/mol. The number of benzene rings is 1. The number of allylic oxidation sites excluding steroid dienone is 1. The summed E-state index contributed by atoms with van der Waals surface area (Å²) in [5.41, 5.74) is -0.810. The molecule has 1 aromatic carbocycles. The Morgan fingerprint density at radius 1 is 1.17 bits per heavy atom. The highest BCUT2D eigenvalue weighted by Gasteiger charge is 2.64. The maximum atomic E-state index is 13.3. The normalized spacial score (nSPS) is 28.0. The minimum Gasteiger partial charge on any atom is -0.297 e. The first-order valence-electron chi connectivity index (χ1n) is 9.28. The summed E-state index contributed by atoms with van der Waals surface area (Å²) < 4.78 is 0. The van der Waals surface area contributed by atoms with Crippen LogP contribution < -0.4 is 4.90 Å². The van der Waals surface area contributed by atoms with Crippen LogP contribution in [0.1, 0.15) is 20.8 Å². The highest BCUT2D eigenvalue weighted by Crippen LogP contribution is 2.47. The van der Waals surface area contributed by atoms with Gasteiger partial charge in [0.15, 0.2) is 5.78 Å². The van der Waals surface area contributed by atoms with Crippen LogP contribution in [0.4, 0.5) is 11.4 Å². The zero-order valence-electron chi connectivity index (χ0n) is 16.2. The van der Waals surface area contributed by atoms with Crippen LogP contribution in [0.15, 0.2) is 41.5 Å². The Labute approximate surface area is 166 Å². The number of Topliss-reactive ketones (excluding diaryl/α,β-unsaturated/α-hetero) is 1. The topological polar surface area (TPSA) is 113 Å². The molecule has 9 heteroatoms. The number of hydrogen-bond donors (Lipinski definition) is 0. The van der Waals surface area contributed by atoms with Gasteiger partial charge < -0.3 is 0 Å². The second-order valence-corrected chi connectivity index (χ2v) is 8.42. The van der Waals surface area contributed by atoms with E-state index in [1.54, 1.807) is 37.9 Å². The van der Waals surface area contributed by atoms with Crippen LogP contribution in [0.25, 0.3) is 0 Å². The van der Waals surface area contributed by atoms with Gasteiger partial charge in [-0.25, -0.2) is 4.90 Å². The Kier molecular flexibility index (Phi) is 4.14. The maximum Gasteiger partial charge on any atom is 0.271 e. The standard InChI is InChI=1S/C20H20N4O5/c1-20(2,3)17(25)16-15-14(13-8-5-9-21-23(13)16)18(26)22(19(15)27)11-6-4-7-12(10-11)24(28)29/h4-10,13-16H,1-3H3/t13-,14+,15+,16-/m0/s1. The second kappa shape index (κ2) is 6.33. The molecular formula is C20H20N4O5. The van der Waals surface area contributed by atoms with Crippen LogP contribution in [0.5, 0.6) is 0 Å². The molecule has 3 aliphatic rings. The number of carbonyl (C=O) groups excluding carboxylic acids is 3. The zero-order valence-corrected chi connectivity index (χ0v) is 16.2. The summed E-state index contributed by atoms with van der Waals surface area (Å²) in [4.78, 5) is 51.3. The molecule has 2 amide bonds. The third kappa shape index (κ3) is 2.76. The molecule has 0 unspecified atom stereocenters. The van der Waals surface area contributed by atoms with Crippen molar-refractivity contribution in [2.45, 2.75) is 32.9 Å². The molecule has 2 fully saturated rings. The molecule has 2 saturated heterocycles. The number of anilines is 1. The van der Waals surface area contributed by atoms with Crippen LogP contribution >= 0.6 is 0 Å². The van der Waals surface area contributed by atoms with Crippen molar-refractivity contribution in [3.05, 3.63) is 46.5 Å². The highest BCUT2D eigenvalue weighted by molar-refractivity contribution is 6.24. The minimum absolute atomic E-state index is 0.139. The van der Waals surface area contributed by atoms with Gasteiger partial charge in [-0.15, -0.1) is 0 Å². The van der Waals surface area contributed by atoms with Gasteiger partial charge in [-0.2, -0.15) is 5.10 Å². The van der Waals surface area contributed by atoms with E-state index >= 15 is 0 Å². The molecule has 0 saturated carbocycles. The lowest BCUT2D eigenvalue weighted by atomic mass is 9.80. The van der Waals surface area contributed by atoms with Gasteiger partial charge in [0, 0.05) is 23.8 Å². The molecule has 0 N–H and O–H groups in total. The molecule has 4 rings (SSSR count). The predicted octanol–water partition coefficient (Wildman–Crippen LogP) is 1.92. The van der Waals surface area contributed by atoms with Crippen LogP contribution in [0.2, 0.25) is 0 Å². The number of amides is 2. The van der Waals surface area contributed by atoms with Gasteiger partial charge >= 0.3 is 0 Å². The van der Waals surface area contributed by atoms with E-state index < -0.39 is 46.1 Å². The number of fused-ring (bicyclic) bond motifs is 3. The van der Waals surface area contributed by atoms with Gasteiger partial charge in [0.05, 0.1) is 28.5 Å². The average molecular weight is 396 g/mol. The van der Waals surface area contributed by atoms with E-state index in [0.29, 0.717) is 0 Å². The number of imide groups is 1. The van der Waals surface area contributed by atoms with Crippen LogP contribution in [0.3, 0.4) is 0 Å². The Morgan fingerprint density at radius 2 is 1.86 bits per heavy atom. The van der Waals surface area contributed by atoms with E-state index in [-0.39, 0.29) is 17.2 Å². The van der Waals surface area contributed by atoms with E-state index in [1.807, 2.05) is 0 Å². The van der Waals surface area contributed by atoms with E-state index in [4.69, 9.17) is 0 Å². The number of nitro benzene ring substituents is 1. The van der Waals surface area contributed by atoms with E-state index in [2.05, 4.69) is 5.10 Å². The van der Waals surface area contributed by atoms with Crippen molar-refractivity contribution in [3.8, 4) is 0 Å². The number of non-ortho nitro benzene ring substituents is 1. The summed E-state index contributed by atoms with van der Waals surface area (Å²) in [5, 5.41) is 16.9. The summed E-state index contributed by atoms with van der Waals surface area (Å²) in [6.07, 6.45) is 4.99. The fourth-order valence-corrected chi connectivity index (χ4v) is 4.28. The Morgan fingerprint density at radius 3 is 2.52 bits per heavy atom. The molecule has 0 spiro atoms. The number of ketones is 1. The number of nitrogens with zero attached hydrogens (tertiary/aromatic N) is 4. The average Bonchev–Trinajstić information content (AvgIpc) is 3.13. The third-order valence-electron chi connectivity index (χ3n) is 5.60. The first kappa shape index (κ1) is 19.0. The lowest BCUT2D eigenvalue weighted by Crippen LogP contribution is -2.49. The Hall–Kier alpha value is -3.36. The third-order valence-corrected chi connectivity index (χ3v) is 5.60. The summed E-state index contributed by atoms with van der Waals surface area (Å²) in [7, 11) is 0. The number of carbonyl (C=O) groups is 3. The highest BCUT2D eigenvalue weighted by atomic mass is 16.6. The number of hydrazone groups is 1. The number of rotatable bonds is 3. The fourth-order valence-electron chi connectivity index (χ4n) is 4.28. The largest absolute Gasteiger partial charge is 0.297 e. The minimum atomic E-state index is -0.890. The van der Waals surface area contributed by atoms with E-state index in [9.17, 15) is 24.5 Å². The van der Waals surface area contributed by atoms with Crippen molar-refractivity contribution in [2.75, 3.05) is 4.90 Å². The molecule has 0 radical (unpaired) electrons. The van der Waals surface area contributed by atoms with Gasteiger partial charge in [-0.05, 0) is 12.1 Å². The Bertz CT molecular complexity index is 993. The second-order valence-electron chi connectivity index (χ2n) is 8.42. The summed E-state index contributed by atoms with van der Waals surface area (Å²) in [5.74, 6) is -2.84. The lowest BCUT2D eigenvalue weighted by molar-refractivity contribution is -0.384. The van der Waals surface area contributed by atoms with Crippen molar-refractivity contribution in [2.24, 2.45) is 22.4 Å². The summed E-state index contributed by atoms with van der Waals surface area (Å²) >= 11 is 0. The van der Waals surface area contributed by atoms with Crippen LogP contribution in [-0.4, -0.2) is 45.8 Å². The van der Waals surface area contributed by atoms with Crippen molar-refractivity contribution in [3.63, 3.8) is 0 Å². The first-order chi connectivity index (χ1) is 13.6. The van der Waals surface area contributed by atoms with Crippen molar-refractivity contribution in [1.29, 1.82) is 0 Å². The first-order valence-corrected chi connectivity index (χ1v) is 9.28. The monoisotopic (exact) mass is 396 g/mol. The molecule has 0 aromatic heterocycles. The molecule has 3 aliphatic heterocycles. The molecular weight excluding hydrogens is 376 g/mol. The fraction of sp³-hybridized carbons (Fsp3) is 0.400. The molecule has 29 heavy (non-hydrogen) atoms. The quantitative estimate of drug-likeness (QED) is 0.438. The Balaban J connectivity index is 1.79. The smallest absolute Gasteiger partial charge is 0.271 e. The van der Waals surface area contributed by atoms with E-state index in [1.165, 1.54) is 30.5 Å². The van der Waals surface area contributed by atoms with Gasteiger partial charge in [-0.1, -0.05) is 32.9 Å².